The van der Waals surface area contributed by atoms with E-state index in [1.807, 2.05) is 18.2 Å². The number of rotatable bonds is 4. The lowest BCUT2D eigenvalue weighted by atomic mass is 10.2. The lowest BCUT2D eigenvalue weighted by molar-refractivity contribution is 0.0948. The molecule has 0 bridgehead atoms. The van der Waals surface area contributed by atoms with Crippen LogP contribution in [0.2, 0.25) is 0 Å². The van der Waals surface area contributed by atoms with Crippen molar-refractivity contribution < 1.29 is 9.53 Å². The number of halogens is 2. The molecule has 1 N–H and O–H groups in total. The minimum Gasteiger partial charge on any atom is -0.496 e. The molecule has 3 nitrogen and oxygen atoms in total. The van der Waals surface area contributed by atoms with Gasteiger partial charge in [-0.1, -0.05) is 15.9 Å². The lowest BCUT2D eigenvalue weighted by Gasteiger charge is -2.09. The van der Waals surface area contributed by atoms with Gasteiger partial charge in [0.2, 0.25) is 0 Å². The summed E-state index contributed by atoms with van der Waals surface area (Å²) in [5.74, 6) is 0.410. The van der Waals surface area contributed by atoms with Crippen LogP contribution in [0.1, 0.15) is 15.2 Å². The summed E-state index contributed by atoms with van der Waals surface area (Å²) >= 11 is 8.35. The number of amides is 1. The Labute approximate surface area is 132 Å². The fraction of sp³-hybridized carbons (Fsp3) is 0.154. The SMILES string of the molecule is COc1cc(Br)ccc1C(=O)NCc1ccc(Br)s1. The molecule has 6 heteroatoms. The standard InChI is InChI=1S/C13H11Br2NO2S/c1-18-11-6-8(14)2-4-10(11)13(17)16-7-9-3-5-12(15)19-9/h2-6H,7H2,1H3,(H,16,17). The maximum absolute atomic E-state index is 12.1. The highest BCUT2D eigenvalue weighted by atomic mass is 79.9. The monoisotopic (exact) mass is 403 g/mol. The number of ether oxygens (including phenoxy) is 1. The van der Waals surface area contributed by atoms with E-state index in [9.17, 15) is 4.79 Å². The first-order valence-electron chi connectivity index (χ1n) is 5.46. The molecule has 1 amide bonds. The molecule has 1 heterocycles. The molecule has 19 heavy (non-hydrogen) atoms. The molecule has 0 spiro atoms. The minimum atomic E-state index is -0.145. The summed E-state index contributed by atoms with van der Waals surface area (Å²) in [5, 5.41) is 2.88. The topological polar surface area (TPSA) is 38.3 Å². The van der Waals surface area contributed by atoms with Gasteiger partial charge in [0.1, 0.15) is 5.75 Å². The Morgan fingerprint density at radius 3 is 2.74 bits per heavy atom. The van der Waals surface area contributed by atoms with E-state index in [-0.39, 0.29) is 5.91 Å². The molecule has 0 saturated carbocycles. The Bertz CT molecular complexity index is 598. The third-order valence-corrected chi connectivity index (χ3v) is 4.58. The molecule has 100 valence electrons. The number of carbonyl (C=O) groups is 1. The molecule has 2 aromatic rings. The van der Waals surface area contributed by atoms with Crippen LogP contribution < -0.4 is 10.1 Å². The van der Waals surface area contributed by atoms with Crippen molar-refractivity contribution in [3.8, 4) is 5.75 Å². The van der Waals surface area contributed by atoms with E-state index in [2.05, 4.69) is 37.2 Å². The Hall–Kier alpha value is -0.850. The average molecular weight is 405 g/mol. The third kappa shape index (κ3) is 3.81. The van der Waals surface area contributed by atoms with Crippen LogP contribution in [0.5, 0.6) is 5.75 Å². The zero-order valence-corrected chi connectivity index (χ0v) is 14.1. The van der Waals surface area contributed by atoms with Crippen molar-refractivity contribution >= 4 is 49.1 Å². The van der Waals surface area contributed by atoms with Gasteiger partial charge in [0.15, 0.2) is 0 Å². The van der Waals surface area contributed by atoms with E-state index >= 15 is 0 Å². The smallest absolute Gasteiger partial charge is 0.255 e. The van der Waals surface area contributed by atoms with Crippen LogP contribution in [0.25, 0.3) is 0 Å². The molecular formula is C13H11Br2NO2S. The predicted molar refractivity (Wildman–Crippen MR) is 83.9 cm³/mol. The summed E-state index contributed by atoms with van der Waals surface area (Å²) in [6, 6.07) is 9.28. The van der Waals surface area contributed by atoms with Crippen LogP contribution in [-0.4, -0.2) is 13.0 Å². The van der Waals surface area contributed by atoms with Crippen molar-refractivity contribution in [3.63, 3.8) is 0 Å². The minimum absolute atomic E-state index is 0.145. The highest BCUT2D eigenvalue weighted by Crippen LogP contribution is 2.24. The molecule has 0 radical (unpaired) electrons. The number of hydrogen-bond acceptors (Lipinski definition) is 3. The van der Waals surface area contributed by atoms with Gasteiger partial charge in [-0.3, -0.25) is 4.79 Å². The first kappa shape index (κ1) is 14.6. The van der Waals surface area contributed by atoms with Crippen LogP contribution in [0.4, 0.5) is 0 Å². The molecule has 0 unspecified atom stereocenters. The molecule has 0 fully saturated rings. The molecule has 1 aromatic carbocycles. The van der Waals surface area contributed by atoms with E-state index in [0.29, 0.717) is 17.9 Å². The Balaban J connectivity index is 2.07. The van der Waals surface area contributed by atoms with Gasteiger partial charge >= 0.3 is 0 Å². The van der Waals surface area contributed by atoms with Crippen molar-refractivity contribution in [1.29, 1.82) is 0 Å². The van der Waals surface area contributed by atoms with Gasteiger partial charge in [-0.2, -0.15) is 0 Å². The molecule has 2 rings (SSSR count). The summed E-state index contributed by atoms with van der Waals surface area (Å²) in [4.78, 5) is 13.2. The zero-order chi connectivity index (χ0) is 13.8. The van der Waals surface area contributed by atoms with E-state index in [4.69, 9.17) is 4.74 Å². The van der Waals surface area contributed by atoms with Crippen molar-refractivity contribution in [2.75, 3.05) is 7.11 Å². The summed E-state index contributed by atoms with van der Waals surface area (Å²) in [7, 11) is 1.55. The summed E-state index contributed by atoms with van der Waals surface area (Å²) in [5.41, 5.74) is 0.529. The highest BCUT2D eigenvalue weighted by Gasteiger charge is 2.12. The lowest BCUT2D eigenvalue weighted by Crippen LogP contribution is -2.22. The van der Waals surface area contributed by atoms with Crippen LogP contribution in [-0.2, 0) is 6.54 Å². The molecular weight excluding hydrogens is 394 g/mol. The van der Waals surface area contributed by atoms with E-state index in [1.165, 1.54) is 0 Å². The van der Waals surface area contributed by atoms with Crippen LogP contribution in [0.3, 0.4) is 0 Å². The van der Waals surface area contributed by atoms with Crippen molar-refractivity contribution in [2.45, 2.75) is 6.54 Å². The Morgan fingerprint density at radius 1 is 1.32 bits per heavy atom. The second-order valence-electron chi connectivity index (χ2n) is 3.73. The van der Waals surface area contributed by atoms with Crippen LogP contribution in [0.15, 0.2) is 38.6 Å². The quantitative estimate of drug-likeness (QED) is 0.828. The van der Waals surface area contributed by atoms with Crippen LogP contribution >= 0.6 is 43.2 Å². The first-order chi connectivity index (χ1) is 9.10. The number of benzene rings is 1. The number of methoxy groups -OCH3 is 1. The number of thiophene rings is 1. The Kier molecular flexibility index (Phi) is 5.01. The summed E-state index contributed by atoms with van der Waals surface area (Å²) < 4.78 is 7.14. The number of carbonyl (C=O) groups excluding carboxylic acids is 1. The fourth-order valence-corrected chi connectivity index (χ4v) is 3.32. The van der Waals surface area contributed by atoms with Crippen molar-refractivity contribution in [1.82, 2.24) is 5.32 Å². The van der Waals surface area contributed by atoms with Gasteiger partial charge in [0.05, 0.1) is 23.0 Å². The zero-order valence-electron chi connectivity index (χ0n) is 10.1. The largest absolute Gasteiger partial charge is 0.496 e. The van der Waals surface area contributed by atoms with Gasteiger partial charge in [0, 0.05) is 9.35 Å². The second kappa shape index (κ2) is 6.54. The normalized spacial score (nSPS) is 10.3. The van der Waals surface area contributed by atoms with Gasteiger partial charge in [0.25, 0.3) is 5.91 Å². The van der Waals surface area contributed by atoms with E-state index in [0.717, 1.165) is 13.1 Å². The maximum atomic E-state index is 12.1. The summed E-state index contributed by atoms with van der Waals surface area (Å²) in [6.07, 6.45) is 0. The Morgan fingerprint density at radius 2 is 2.11 bits per heavy atom. The predicted octanol–water partition coefficient (Wildman–Crippen LogP) is 4.21. The van der Waals surface area contributed by atoms with E-state index < -0.39 is 0 Å². The van der Waals surface area contributed by atoms with Gasteiger partial charge in [-0.05, 0) is 46.3 Å². The molecule has 0 aliphatic rings. The van der Waals surface area contributed by atoms with E-state index in [1.54, 1.807) is 30.6 Å². The molecule has 0 aliphatic heterocycles. The molecule has 0 atom stereocenters. The fourth-order valence-electron chi connectivity index (χ4n) is 1.56. The van der Waals surface area contributed by atoms with Gasteiger partial charge in [-0.25, -0.2) is 0 Å². The van der Waals surface area contributed by atoms with Gasteiger partial charge in [-0.15, -0.1) is 11.3 Å². The van der Waals surface area contributed by atoms with Crippen molar-refractivity contribution in [3.05, 3.63) is 49.0 Å². The summed E-state index contributed by atoms with van der Waals surface area (Å²) in [6.45, 7) is 0.508. The molecule has 1 aromatic heterocycles. The molecule has 0 aliphatic carbocycles. The molecule has 0 saturated heterocycles. The van der Waals surface area contributed by atoms with Crippen molar-refractivity contribution in [2.24, 2.45) is 0 Å². The van der Waals surface area contributed by atoms with Crippen LogP contribution in [0, 0.1) is 0 Å². The average Bonchev–Trinajstić information content (AvgIpc) is 2.81. The van der Waals surface area contributed by atoms with Gasteiger partial charge < -0.3 is 10.1 Å². The first-order valence-corrected chi connectivity index (χ1v) is 7.86. The highest BCUT2D eigenvalue weighted by molar-refractivity contribution is 9.11. The third-order valence-electron chi connectivity index (χ3n) is 2.46. The maximum Gasteiger partial charge on any atom is 0.255 e. The number of nitrogens with one attached hydrogen (secondary N) is 1. The number of hydrogen-bond donors (Lipinski definition) is 1. The second-order valence-corrected chi connectivity index (χ2v) is 7.20.